The Hall–Kier alpha value is -0.0800. The molecule has 2 heteroatoms. The third-order valence-corrected chi connectivity index (χ3v) is 5.29. The standard InChI is InChI=1S/C15H28N2/c1-5-11-16(12-6-1)15(9-3-4-10-15)17-13-7-2-8-14-17/h1-14H2. The van der Waals surface area contributed by atoms with E-state index in [1.165, 1.54) is 90.4 Å². The minimum absolute atomic E-state index is 0.501. The van der Waals surface area contributed by atoms with Crippen LogP contribution in [-0.2, 0) is 0 Å². The van der Waals surface area contributed by atoms with Crippen molar-refractivity contribution in [1.29, 1.82) is 0 Å². The van der Waals surface area contributed by atoms with E-state index in [0.717, 1.165) is 0 Å². The van der Waals surface area contributed by atoms with Crippen molar-refractivity contribution in [2.24, 2.45) is 0 Å². The van der Waals surface area contributed by atoms with Gasteiger partial charge in [-0.15, -0.1) is 0 Å². The van der Waals surface area contributed by atoms with Crippen molar-refractivity contribution in [3.05, 3.63) is 0 Å². The van der Waals surface area contributed by atoms with Crippen LogP contribution in [0.4, 0.5) is 0 Å². The van der Waals surface area contributed by atoms with Crippen molar-refractivity contribution in [3.63, 3.8) is 0 Å². The number of piperidine rings is 2. The smallest absolute Gasteiger partial charge is 0.0737 e. The van der Waals surface area contributed by atoms with E-state index in [1.807, 2.05) is 0 Å². The van der Waals surface area contributed by atoms with E-state index in [0.29, 0.717) is 5.66 Å². The number of hydrogen-bond donors (Lipinski definition) is 0. The van der Waals surface area contributed by atoms with Gasteiger partial charge >= 0.3 is 0 Å². The molecule has 2 heterocycles. The number of nitrogens with zero attached hydrogens (tertiary/aromatic N) is 2. The Kier molecular flexibility index (Phi) is 3.72. The SMILES string of the molecule is C1CCN(C2(N3CCCCC3)CCCC2)CC1. The van der Waals surface area contributed by atoms with Crippen LogP contribution in [0.3, 0.4) is 0 Å². The summed E-state index contributed by atoms with van der Waals surface area (Å²) in [7, 11) is 0. The van der Waals surface area contributed by atoms with Gasteiger partial charge < -0.3 is 0 Å². The molecule has 1 aliphatic carbocycles. The minimum atomic E-state index is 0.501. The summed E-state index contributed by atoms with van der Waals surface area (Å²) in [5.41, 5.74) is 0.501. The number of hydrogen-bond acceptors (Lipinski definition) is 2. The van der Waals surface area contributed by atoms with Crippen LogP contribution in [-0.4, -0.2) is 41.6 Å². The largest absolute Gasteiger partial charge is 0.285 e. The summed E-state index contributed by atoms with van der Waals surface area (Å²) >= 11 is 0. The van der Waals surface area contributed by atoms with Gasteiger partial charge in [-0.2, -0.15) is 0 Å². The molecule has 0 aromatic rings. The fourth-order valence-electron chi connectivity index (χ4n) is 4.39. The van der Waals surface area contributed by atoms with Crippen LogP contribution in [0.15, 0.2) is 0 Å². The summed E-state index contributed by atoms with van der Waals surface area (Å²) in [5.74, 6) is 0. The maximum Gasteiger partial charge on any atom is 0.0737 e. The summed E-state index contributed by atoms with van der Waals surface area (Å²) in [6, 6.07) is 0. The molecule has 2 saturated heterocycles. The molecule has 3 fully saturated rings. The van der Waals surface area contributed by atoms with Gasteiger partial charge in [0.25, 0.3) is 0 Å². The van der Waals surface area contributed by atoms with Gasteiger partial charge in [-0.3, -0.25) is 9.80 Å². The first-order valence-electron chi connectivity index (χ1n) is 7.92. The lowest BCUT2D eigenvalue weighted by Crippen LogP contribution is -2.61. The van der Waals surface area contributed by atoms with Crippen LogP contribution in [0, 0.1) is 0 Å². The molecule has 0 aromatic heterocycles. The molecule has 0 atom stereocenters. The average molecular weight is 236 g/mol. The van der Waals surface area contributed by atoms with E-state index in [4.69, 9.17) is 0 Å². The maximum absolute atomic E-state index is 2.87. The van der Waals surface area contributed by atoms with Crippen LogP contribution < -0.4 is 0 Å². The third-order valence-electron chi connectivity index (χ3n) is 5.29. The van der Waals surface area contributed by atoms with Crippen molar-refractivity contribution in [2.45, 2.75) is 69.9 Å². The van der Waals surface area contributed by atoms with E-state index in [2.05, 4.69) is 9.80 Å². The van der Waals surface area contributed by atoms with Gasteiger partial charge in [-0.05, 0) is 64.7 Å². The van der Waals surface area contributed by atoms with Crippen molar-refractivity contribution < 1.29 is 0 Å². The Morgan fingerprint density at radius 3 is 1.29 bits per heavy atom. The molecule has 3 aliphatic rings. The molecule has 0 bridgehead atoms. The van der Waals surface area contributed by atoms with Gasteiger partial charge in [-0.25, -0.2) is 0 Å². The highest BCUT2D eigenvalue weighted by Gasteiger charge is 2.44. The van der Waals surface area contributed by atoms with E-state index >= 15 is 0 Å². The molecule has 0 N–H and O–H groups in total. The Labute approximate surface area is 106 Å². The number of likely N-dealkylation sites (tertiary alicyclic amines) is 2. The second-order valence-electron chi connectivity index (χ2n) is 6.28. The zero-order chi connectivity index (χ0) is 11.6. The highest BCUT2D eigenvalue weighted by molar-refractivity contribution is 4.96. The van der Waals surface area contributed by atoms with Gasteiger partial charge in [0.05, 0.1) is 5.66 Å². The molecule has 1 saturated carbocycles. The first-order chi connectivity index (χ1) is 8.42. The van der Waals surface area contributed by atoms with Gasteiger partial charge in [0.15, 0.2) is 0 Å². The quantitative estimate of drug-likeness (QED) is 0.726. The summed E-state index contributed by atoms with van der Waals surface area (Å²) in [4.78, 5) is 5.74. The van der Waals surface area contributed by atoms with Gasteiger partial charge in [0, 0.05) is 0 Å². The molecule has 0 amide bonds. The lowest BCUT2D eigenvalue weighted by atomic mass is 9.96. The lowest BCUT2D eigenvalue weighted by molar-refractivity contribution is -0.0731. The Morgan fingerprint density at radius 2 is 0.882 bits per heavy atom. The van der Waals surface area contributed by atoms with Crippen molar-refractivity contribution >= 4 is 0 Å². The van der Waals surface area contributed by atoms with Gasteiger partial charge in [-0.1, -0.05) is 25.7 Å². The molecule has 2 aliphatic heterocycles. The monoisotopic (exact) mass is 236 g/mol. The molecule has 17 heavy (non-hydrogen) atoms. The van der Waals surface area contributed by atoms with E-state index in [-0.39, 0.29) is 0 Å². The predicted molar refractivity (Wildman–Crippen MR) is 72.0 cm³/mol. The van der Waals surface area contributed by atoms with E-state index < -0.39 is 0 Å². The molecule has 2 nitrogen and oxygen atoms in total. The van der Waals surface area contributed by atoms with Crippen LogP contribution in [0.5, 0.6) is 0 Å². The van der Waals surface area contributed by atoms with Crippen molar-refractivity contribution in [3.8, 4) is 0 Å². The van der Waals surface area contributed by atoms with E-state index in [9.17, 15) is 0 Å². The predicted octanol–water partition coefficient (Wildman–Crippen LogP) is 3.23. The maximum atomic E-state index is 2.87. The normalized spacial score (nSPS) is 31.8. The molecule has 0 unspecified atom stereocenters. The fourth-order valence-corrected chi connectivity index (χ4v) is 4.39. The second-order valence-corrected chi connectivity index (χ2v) is 6.28. The zero-order valence-corrected chi connectivity index (χ0v) is 11.3. The highest BCUT2D eigenvalue weighted by atomic mass is 15.4. The van der Waals surface area contributed by atoms with Crippen LogP contribution in [0.2, 0.25) is 0 Å². The molecule has 98 valence electrons. The highest BCUT2D eigenvalue weighted by Crippen LogP contribution is 2.40. The molecular weight excluding hydrogens is 208 g/mol. The van der Waals surface area contributed by atoms with Crippen LogP contribution >= 0.6 is 0 Å². The summed E-state index contributed by atoms with van der Waals surface area (Å²) in [5, 5.41) is 0. The molecule has 0 spiro atoms. The van der Waals surface area contributed by atoms with Crippen molar-refractivity contribution in [2.75, 3.05) is 26.2 Å². The first-order valence-corrected chi connectivity index (χ1v) is 7.92. The first kappa shape index (κ1) is 12.0. The summed E-state index contributed by atoms with van der Waals surface area (Å²) in [6.45, 7) is 5.49. The molecule has 0 aromatic carbocycles. The topological polar surface area (TPSA) is 6.48 Å². The van der Waals surface area contributed by atoms with Crippen molar-refractivity contribution in [1.82, 2.24) is 9.80 Å². The summed E-state index contributed by atoms with van der Waals surface area (Å²) in [6.07, 6.45) is 14.5. The lowest BCUT2D eigenvalue weighted by Gasteiger charge is -2.52. The zero-order valence-electron chi connectivity index (χ0n) is 11.3. The Bertz CT molecular complexity index is 213. The van der Waals surface area contributed by atoms with Crippen LogP contribution in [0.1, 0.15) is 64.2 Å². The Morgan fingerprint density at radius 1 is 0.471 bits per heavy atom. The molecule has 3 rings (SSSR count). The fraction of sp³-hybridized carbons (Fsp3) is 1.00. The molecular formula is C15H28N2. The average Bonchev–Trinajstić information content (AvgIpc) is 2.91. The number of rotatable bonds is 2. The van der Waals surface area contributed by atoms with E-state index in [1.54, 1.807) is 0 Å². The summed E-state index contributed by atoms with van der Waals surface area (Å²) < 4.78 is 0. The Balaban J connectivity index is 1.75. The van der Waals surface area contributed by atoms with Gasteiger partial charge in [0.1, 0.15) is 0 Å². The van der Waals surface area contributed by atoms with Crippen LogP contribution in [0.25, 0.3) is 0 Å². The second kappa shape index (κ2) is 5.27. The third kappa shape index (κ3) is 2.26. The van der Waals surface area contributed by atoms with Gasteiger partial charge in [0.2, 0.25) is 0 Å². The molecule has 0 radical (unpaired) electrons. The minimum Gasteiger partial charge on any atom is -0.285 e.